The van der Waals surface area contributed by atoms with Gasteiger partial charge in [-0.15, -0.1) is 0 Å². The van der Waals surface area contributed by atoms with Crippen molar-refractivity contribution in [2.24, 2.45) is 0 Å². The number of hydrogen-bond donors (Lipinski definition) is 1. The Hall–Kier alpha value is -2.37. The molecule has 0 aliphatic rings. The van der Waals surface area contributed by atoms with Crippen molar-refractivity contribution in [3.8, 4) is 23.1 Å². The van der Waals surface area contributed by atoms with Gasteiger partial charge in [-0.25, -0.2) is 0 Å². The van der Waals surface area contributed by atoms with E-state index in [0.717, 1.165) is 5.56 Å². The molecule has 0 aliphatic carbocycles. The van der Waals surface area contributed by atoms with Gasteiger partial charge in [-0.1, -0.05) is 12.1 Å². The highest BCUT2D eigenvalue weighted by Gasteiger charge is 2.11. The van der Waals surface area contributed by atoms with Gasteiger partial charge in [-0.3, -0.25) is 0 Å². The molecule has 1 aromatic heterocycles. The van der Waals surface area contributed by atoms with E-state index in [0.29, 0.717) is 18.2 Å². The number of aromatic nitrogens is 3. The molecule has 2 rings (SSSR count). The third-order valence-corrected chi connectivity index (χ3v) is 2.25. The molecule has 0 saturated carbocycles. The molecule has 0 bridgehead atoms. The predicted molar refractivity (Wildman–Crippen MR) is 67.4 cm³/mol. The SMILES string of the molecule is CCOc1nc(N)nc(-c2ccccc2OC)n1. The normalized spacial score (nSPS) is 10.1. The first-order chi connectivity index (χ1) is 8.74. The average Bonchev–Trinajstić information content (AvgIpc) is 2.38. The smallest absolute Gasteiger partial charge is 0.321 e. The quantitative estimate of drug-likeness (QED) is 0.880. The fourth-order valence-electron chi connectivity index (χ4n) is 1.52. The summed E-state index contributed by atoms with van der Waals surface area (Å²) in [5.41, 5.74) is 6.38. The molecule has 18 heavy (non-hydrogen) atoms. The Kier molecular flexibility index (Phi) is 3.57. The molecule has 0 radical (unpaired) electrons. The first-order valence-corrected chi connectivity index (χ1v) is 5.52. The minimum atomic E-state index is 0.120. The number of benzene rings is 1. The molecular formula is C12H14N4O2. The van der Waals surface area contributed by atoms with Crippen LogP contribution in [0.25, 0.3) is 11.4 Å². The van der Waals surface area contributed by atoms with Crippen LogP contribution in [-0.2, 0) is 0 Å². The summed E-state index contributed by atoms with van der Waals surface area (Å²) in [6.45, 7) is 2.32. The number of nitrogens with zero attached hydrogens (tertiary/aromatic N) is 3. The summed E-state index contributed by atoms with van der Waals surface area (Å²) in [6.07, 6.45) is 0. The van der Waals surface area contributed by atoms with Crippen LogP contribution in [0.2, 0.25) is 0 Å². The lowest BCUT2D eigenvalue weighted by Gasteiger charge is -2.08. The van der Waals surface area contributed by atoms with Gasteiger partial charge in [0.25, 0.3) is 0 Å². The number of anilines is 1. The maximum atomic E-state index is 5.64. The van der Waals surface area contributed by atoms with E-state index in [1.807, 2.05) is 31.2 Å². The average molecular weight is 246 g/mol. The molecule has 1 heterocycles. The van der Waals surface area contributed by atoms with Crippen LogP contribution in [0.15, 0.2) is 24.3 Å². The van der Waals surface area contributed by atoms with Crippen molar-refractivity contribution in [2.75, 3.05) is 19.5 Å². The fraction of sp³-hybridized carbons (Fsp3) is 0.250. The Morgan fingerprint density at radius 1 is 1.17 bits per heavy atom. The van der Waals surface area contributed by atoms with Gasteiger partial charge in [0.05, 0.1) is 19.3 Å². The summed E-state index contributed by atoms with van der Waals surface area (Å²) in [6, 6.07) is 7.64. The summed E-state index contributed by atoms with van der Waals surface area (Å²) in [5.74, 6) is 1.23. The number of nitrogens with two attached hydrogens (primary N) is 1. The zero-order chi connectivity index (χ0) is 13.0. The molecule has 0 spiro atoms. The monoisotopic (exact) mass is 246 g/mol. The van der Waals surface area contributed by atoms with E-state index in [4.69, 9.17) is 15.2 Å². The van der Waals surface area contributed by atoms with Crippen LogP contribution in [0, 0.1) is 0 Å². The van der Waals surface area contributed by atoms with Crippen LogP contribution >= 0.6 is 0 Å². The third-order valence-electron chi connectivity index (χ3n) is 2.25. The molecule has 0 unspecified atom stereocenters. The molecule has 0 saturated heterocycles. The number of rotatable bonds is 4. The second kappa shape index (κ2) is 5.31. The molecule has 0 aliphatic heterocycles. The summed E-state index contributed by atoms with van der Waals surface area (Å²) in [5, 5.41) is 0. The van der Waals surface area contributed by atoms with Gasteiger partial charge in [-0.2, -0.15) is 15.0 Å². The van der Waals surface area contributed by atoms with Gasteiger partial charge in [0.15, 0.2) is 5.82 Å². The Balaban J connectivity index is 2.49. The number of nitrogen functional groups attached to an aromatic ring is 1. The Bertz CT molecular complexity index is 545. The highest BCUT2D eigenvalue weighted by Crippen LogP contribution is 2.27. The summed E-state index contributed by atoms with van der Waals surface area (Å²) < 4.78 is 10.5. The zero-order valence-electron chi connectivity index (χ0n) is 10.3. The van der Waals surface area contributed by atoms with E-state index in [-0.39, 0.29) is 12.0 Å². The van der Waals surface area contributed by atoms with Crippen molar-refractivity contribution in [3.63, 3.8) is 0 Å². The maximum absolute atomic E-state index is 5.64. The number of methoxy groups -OCH3 is 1. The molecule has 0 amide bonds. The van der Waals surface area contributed by atoms with Crippen LogP contribution in [0.3, 0.4) is 0 Å². The second-order valence-electron chi connectivity index (χ2n) is 3.43. The Morgan fingerprint density at radius 3 is 2.67 bits per heavy atom. The van der Waals surface area contributed by atoms with Gasteiger partial charge in [-0.05, 0) is 19.1 Å². The Labute approximate surface area is 105 Å². The van der Waals surface area contributed by atoms with Crippen LogP contribution in [0.1, 0.15) is 6.92 Å². The van der Waals surface area contributed by atoms with E-state index >= 15 is 0 Å². The van der Waals surface area contributed by atoms with Gasteiger partial charge in [0.1, 0.15) is 5.75 Å². The second-order valence-corrected chi connectivity index (χ2v) is 3.43. The van der Waals surface area contributed by atoms with Crippen molar-refractivity contribution in [1.82, 2.24) is 15.0 Å². The highest BCUT2D eigenvalue weighted by molar-refractivity contribution is 5.64. The van der Waals surface area contributed by atoms with Crippen molar-refractivity contribution >= 4 is 5.95 Å². The van der Waals surface area contributed by atoms with Gasteiger partial charge >= 0.3 is 6.01 Å². The minimum Gasteiger partial charge on any atom is -0.496 e. The molecule has 94 valence electrons. The highest BCUT2D eigenvalue weighted by atomic mass is 16.5. The molecule has 0 atom stereocenters. The largest absolute Gasteiger partial charge is 0.496 e. The lowest BCUT2D eigenvalue weighted by Crippen LogP contribution is -2.05. The van der Waals surface area contributed by atoms with E-state index in [9.17, 15) is 0 Å². The van der Waals surface area contributed by atoms with Crippen molar-refractivity contribution in [1.29, 1.82) is 0 Å². The topological polar surface area (TPSA) is 83.2 Å². The number of para-hydroxylation sites is 1. The van der Waals surface area contributed by atoms with Gasteiger partial charge in [0.2, 0.25) is 5.95 Å². The zero-order valence-corrected chi connectivity index (χ0v) is 10.3. The molecule has 6 heteroatoms. The minimum absolute atomic E-state index is 0.120. The van der Waals surface area contributed by atoms with Crippen LogP contribution < -0.4 is 15.2 Å². The van der Waals surface area contributed by atoms with Crippen molar-refractivity contribution < 1.29 is 9.47 Å². The van der Waals surface area contributed by atoms with Crippen molar-refractivity contribution in [3.05, 3.63) is 24.3 Å². The maximum Gasteiger partial charge on any atom is 0.321 e. The van der Waals surface area contributed by atoms with Crippen molar-refractivity contribution in [2.45, 2.75) is 6.92 Å². The van der Waals surface area contributed by atoms with Crippen LogP contribution in [-0.4, -0.2) is 28.7 Å². The lowest BCUT2D eigenvalue weighted by atomic mass is 10.2. The first-order valence-electron chi connectivity index (χ1n) is 5.52. The van der Waals surface area contributed by atoms with Crippen LogP contribution in [0.4, 0.5) is 5.95 Å². The van der Waals surface area contributed by atoms with E-state index < -0.39 is 0 Å². The molecule has 2 N–H and O–H groups in total. The Morgan fingerprint density at radius 2 is 1.94 bits per heavy atom. The number of ether oxygens (including phenoxy) is 2. The predicted octanol–water partition coefficient (Wildman–Crippen LogP) is 1.53. The van der Waals surface area contributed by atoms with Gasteiger partial charge in [0, 0.05) is 0 Å². The standard InChI is InChI=1S/C12H14N4O2/c1-3-18-12-15-10(14-11(13)16-12)8-6-4-5-7-9(8)17-2/h4-7H,3H2,1-2H3,(H2,13,14,15,16). The van der Waals surface area contributed by atoms with E-state index in [1.54, 1.807) is 7.11 Å². The first kappa shape index (κ1) is 12.1. The molecule has 1 aromatic carbocycles. The molecule has 2 aromatic rings. The summed E-state index contributed by atoms with van der Waals surface area (Å²) in [4.78, 5) is 12.2. The van der Waals surface area contributed by atoms with E-state index in [2.05, 4.69) is 15.0 Å². The van der Waals surface area contributed by atoms with Gasteiger partial charge < -0.3 is 15.2 Å². The van der Waals surface area contributed by atoms with Crippen LogP contribution in [0.5, 0.6) is 11.8 Å². The third kappa shape index (κ3) is 2.48. The van der Waals surface area contributed by atoms with E-state index in [1.165, 1.54) is 0 Å². The number of hydrogen-bond acceptors (Lipinski definition) is 6. The summed E-state index contributed by atoms with van der Waals surface area (Å²) in [7, 11) is 1.59. The lowest BCUT2D eigenvalue weighted by molar-refractivity contribution is 0.312. The molecule has 6 nitrogen and oxygen atoms in total. The molecular weight excluding hydrogens is 232 g/mol. The summed E-state index contributed by atoms with van der Waals surface area (Å²) >= 11 is 0. The molecule has 0 fully saturated rings. The fourth-order valence-corrected chi connectivity index (χ4v) is 1.52.